The molecule has 7 heteroatoms. The number of rotatable bonds is 8. The maximum atomic E-state index is 12.5. The van der Waals surface area contributed by atoms with Crippen LogP contribution in [0.3, 0.4) is 0 Å². The number of nitrogens with one attached hydrogen (secondary N) is 1. The van der Waals surface area contributed by atoms with E-state index in [0.717, 1.165) is 25.8 Å². The lowest BCUT2D eigenvalue weighted by Gasteiger charge is -2.28. The first-order valence-corrected chi connectivity index (χ1v) is 9.83. The summed E-state index contributed by atoms with van der Waals surface area (Å²) >= 11 is 2.74. The van der Waals surface area contributed by atoms with E-state index in [0.29, 0.717) is 21.1 Å². The summed E-state index contributed by atoms with van der Waals surface area (Å²) in [5.41, 5.74) is -0.143. The summed E-state index contributed by atoms with van der Waals surface area (Å²) in [6.07, 6.45) is 3.02. The molecule has 2 heterocycles. The summed E-state index contributed by atoms with van der Waals surface area (Å²) in [7, 11) is 0. The van der Waals surface area contributed by atoms with Gasteiger partial charge in [-0.15, -0.1) is 11.3 Å². The number of aromatic amines is 1. The zero-order valence-electron chi connectivity index (χ0n) is 13.8. The molecule has 2 rings (SSSR count). The molecule has 0 aromatic carbocycles. The minimum atomic E-state index is -0.143. The Morgan fingerprint density at radius 3 is 2.96 bits per heavy atom. The normalized spacial score (nSPS) is 12.5. The van der Waals surface area contributed by atoms with Gasteiger partial charge < -0.3 is 9.88 Å². The van der Waals surface area contributed by atoms with Crippen molar-refractivity contribution in [2.45, 2.75) is 51.2 Å². The van der Waals surface area contributed by atoms with E-state index in [1.165, 1.54) is 23.1 Å². The summed E-state index contributed by atoms with van der Waals surface area (Å²) < 4.78 is 0. The first-order chi connectivity index (χ1) is 11.1. The number of hydrogen-bond acceptors (Lipinski definition) is 5. The average molecular weight is 354 g/mol. The smallest absolute Gasteiger partial charge is 0.260 e. The number of carbonyl (C=O) groups is 1. The first kappa shape index (κ1) is 18.0. The zero-order valence-corrected chi connectivity index (χ0v) is 15.4. The number of fused-ring (bicyclic) bond motifs is 1. The van der Waals surface area contributed by atoms with E-state index in [2.05, 4.69) is 30.7 Å². The van der Waals surface area contributed by atoms with Gasteiger partial charge in [0.05, 0.1) is 11.1 Å². The zero-order chi connectivity index (χ0) is 16.8. The van der Waals surface area contributed by atoms with Crippen LogP contribution < -0.4 is 5.56 Å². The van der Waals surface area contributed by atoms with Gasteiger partial charge in [0.15, 0.2) is 5.16 Å². The van der Waals surface area contributed by atoms with Crippen LogP contribution in [0.15, 0.2) is 21.4 Å². The summed E-state index contributed by atoms with van der Waals surface area (Å²) in [4.78, 5) is 34.3. The Labute approximate surface area is 144 Å². The quantitative estimate of drug-likeness (QED) is 0.583. The van der Waals surface area contributed by atoms with Crippen LogP contribution in [0.4, 0.5) is 0 Å². The molecule has 0 radical (unpaired) electrons. The van der Waals surface area contributed by atoms with Gasteiger partial charge in [-0.25, -0.2) is 4.98 Å². The summed E-state index contributed by atoms with van der Waals surface area (Å²) in [6.45, 7) is 7.08. The van der Waals surface area contributed by atoms with Crippen molar-refractivity contribution in [1.82, 2.24) is 14.9 Å². The van der Waals surface area contributed by atoms with Crippen molar-refractivity contribution in [2.75, 3.05) is 12.3 Å². The fourth-order valence-corrected chi connectivity index (χ4v) is 3.84. The van der Waals surface area contributed by atoms with Crippen LogP contribution in [0, 0.1) is 0 Å². The third-order valence-corrected chi connectivity index (χ3v) is 5.51. The topological polar surface area (TPSA) is 66.1 Å². The highest BCUT2D eigenvalue weighted by molar-refractivity contribution is 7.99. The molecule has 0 aliphatic rings. The van der Waals surface area contributed by atoms with Crippen molar-refractivity contribution in [3.8, 4) is 0 Å². The molecule has 126 valence electrons. The van der Waals surface area contributed by atoms with Crippen LogP contribution in [-0.4, -0.2) is 39.1 Å². The Hall–Kier alpha value is -1.34. The van der Waals surface area contributed by atoms with Gasteiger partial charge in [0.2, 0.25) is 5.91 Å². The van der Waals surface area contributed by atoms with Crippen molar-refractivity contribution in [1.29, 1.82) is 0 Å². The SMILES string of the molecule is CCCCN(C(=O)CSc1nc2sccc2c(=O)[nH]1)C(C)CC. The van der Waals surface area contributed by atoms with Crippen molar-refractivity contribution in [3.05, 3.63) is 21.8 Å². The molecule has 2 aromatic heterocycles. The molecule has 0 fully saturated rings. The van der Waals surface area contributed by atoms with Crippen LogP contribution >= 0.6 is 23.1 Å². The van der Waals surface area contributed by atoms with Gasteiger partial charge in [-0.2, -0.15) is 0 Å². The predicted octanol–water partition coefficient (Wildman–Crippen LogP) is 3.50. The van der Waals surface area contributed by atoms with Gasteiger partial charge in [0, 0.05) is 12.6 Å². The van der Waals surface area contributed by atoms with Crippen LogP contribution in [0.5, 0.6) is 0 Å². The molecule has 0 saturated heterocycles. The molecule has 1 atom stereocenters. The Kier molecular flexibility index (Phi) is 6.65. The highest BCUT2D eigenvalue weighted by atomic mass is 32.2. The predicted molar refractivity (Wildman–Crippen MR) is 97.3 cm³/mol. The van der Waals surface area contributed by atoms with Gasteiger partial charge in [-0.3, -0.25) is 9.59 Å². The van der Waals surface area contributed by atoms with E-state index in [-0.39, 0.29) is 17.5 Å². The van der Waals surface area contributed by atoms with Crippen molar-refractivity contribution in [2.24, 2.45) is 0 Å². The minimum Gasteiger partial charge on any atom is -0.339 e. The fourth-order valence-electron chi connectivity index (χ4n) is 2.27. The lowest BCUT2D eigenvalue weighted by atomic mass is 10.2. The van der Waals surface area contributed by atoms with Gasteiger partial charge in [-0.1, -0.05) is 32.0 Å². The number of aromatic nitrogens is 2. The third kappa shape index (κ3) is 4.57. The second kappa shape index (κ2) is 8.49. The highest BCUT2D eigenvalue weighted by Gasteiger charge is 2.19. The second-order valence-corrected chi connectivity index (χ2v) is 7.36. The van der Waals surface area contributed by atoms with E-state index in [1.807, 2.05) is 10.3 Å². The van der Waals surface area contributed by atoms with Gasteiger partial charge in [0.1, 0.15) is 4.83 Å². The molecular weight excluding hydrogens is 330 g/mol. The van der Waals surface area contributed by atoms with Gasteiger partial charge in [-0.05, 0) is 31.2 Å². The number of H-pyrrole nitrogens is 1. The number of thiophene rings is 1. The Balaban J connectivity index is 2.04. The number of unbranched alkanes of at least 4 members (excludes halogenated alkanes) is 1. The fraction of sp³-hybridized carbons (Fsp3) is 0.562. The van der Waals surface area contributed by atoms with Crippen LogP contribution in [0.25, 0.3) is 10.2 Å². The minimum absolute atomic E-state index is 0.103. The molecule has 0 aliphatic carbocycles. The number of hydrogen-bond donors (Lipinski definition) is 1. The molecule has 2 aromatic rings. The summed E-state index contributed by atoms with van der Waals surface area (Å²) in [6, 6.07) is 2.00. The maximum Gasteiger partial charge on any atom is 0.260 e. The number of carbonyl (C=O) groups excluding carboxylic acids is 1. The Bertz CT molecular complexity index is 711. The van der Waals surface area contributed by atoms with Crippen LogP contribution in [0.2, 0.25) is 0 Å². The molecule has 23 heavy (non-hydrogen) atoms. The monoisotopic (exact) mass is 353 g/mol. The molecule has 0 bridgehead atoms. The third-order valence-electron chi connectivity index (χ3n) is 3.84. The van der Waals surface area contributed by atoms with Crippen LogP contribution in [-0.2, 0) is 4.79 Å². The summed E-state index contributed by atoms with van der Waals surface area (Å²) in [5, 5.41) is 2.97. The van der Waals surface area contributed by atoms with Gasteiger partial charge in [0.25, 0.3) is 5.56 Å². The molecule has 1 unspecified atom stereocenters. The first-order valence-electron chi connectivity index (χ1n) is 7.96. The lowest BCUT2D eigenvalue weighted by Crippen LogP contribution is -2.40. The van der Waals surface area contributed by atoms with E-state index in [4.69, 9.17) is 0 Å². The van der Waals surface area contributed by atoms with Gasteiger partial charge >= 0.3 is 0 Å². The molecule has 0 spiro atoms. The lowest BCUT2D eigenvalue weighted by molar-refractivity contribution is -0.130. The van der Waals surface area contributed by atoms with Crippen molar-refractivity contribution < 1.29 is 4.79 Å². The maximum absolute atomic E-state index is 12.5. The Morgan fingerprint density at radius 2 is 2.26 bits per heavy atom. The average Bonchev–Trinajstić information content (AvgIpc) is 3.02. The van der Waals surface area contributed by atoms with E-state index in [1.54, 1.807) is 6.07 Å². The number of amides is 1. The molecule has 1 amide bonds. The van der Waals surface area contributed by atoms with Crippen molar-refractivity contribution in [3.63, 3.8) is 0 Å². The second-order valence-electron chi connectivity index (χ2n) is 5.50. The van der Waals surface area contributed by atoms with E-state index in [9.17, 15) is 9.59 Å². The summed E-state index contributed by atoms with van der Waals surface area (Å²) in [5.74, 6) is 0.403. The van der Waals surface area contributed by atoms with E-state index < -0.39 is 0 Å². The molecular formula is C16H23N3O2S2. The molecule has 5 nitrogen and oxygen atoms in total. The number of nitrogens with zero attached hydrogens (tertiary/aromatic N) is 2. The standard InChI is InChI=1S/C16H23N3O2S2/c1-4-6-8-19(11(3)5-2)13(20)10-23-16-17-14(21)12-7-9-22-15(12)18-16/h7,9,11H,4-6,8,10H2,1-3H3,(H,17,18,21). The molecule has 1 N–H and O–H groups in total. The van der Waals surface area contributed by atoms with Crippen LogP contribution in [0.1, 0.15) is 40.0 Å². The molecule has 0 aliphatic heterocycles. The van der Waals surface area contributed by atoms with E-state index >= 15 is 0 Å². The molecule has 0 saturated carbocycles. The Morgan fingerprint density at radius 1 is 1.48 bits per heavy atom. The van der Waals surface area contributed by atoms with Crippen molar-refractivity contribution >= 4 is 39.2 Å². The largest absolute Gasteiger partial charge is 0.339 e. The highest BCUT2D eigenvalue weighted by Crippen LogP contribution is 2.19. The number of thioether (sulfide) groups is 1.